The van der Waals surface area contributed by atoms with E-state index in [1.165, 1.54) is 38.5 Å². The predicted molar refractivity (Wildman–Crippen MR) is 55.5 cm³/mol. The summed E-state index contributed by atoms with van der Waals surface area (Å²) in [5.41, 5.74) is 6.39. The third kappa shape index (κ3) is 1.40. The fourth-order valence-corrected chi connectivity index (χ4v) is 3.09. The molecule has 0 amide bonds. The zero-order valence-corrected chi connectivity index (χ0v) is 8.68. The Kier molecular flexibility index (Phi) is 2.61. The summed E-state index contributed by atoms with van der Waals surface area (Å²) in [5.74, 6) is 0.925. The third-order valence-corrected chi connectivity index (χ3v) is 4.35. The molecular weight excluding hydrogens is 160 g/mol. The normalized spacial score (nSPS) is 29.1. The van der Waals surface area contributed by atoms with Crippen LogP contribution in [0.2, 0.25) is 0 Å². The Hall–Kier alpha value is -0.0800. The summed E-state index contributed by atoms with van der Waals surface area (Å²) in [6, 6.07) is 0.708. The summed E-state index contributed by atoms with van der Waals surface area (Å²) in [7, 11) is 2.11. The minimum absolute atomic E-state index is 0.472. The van der Waals surface area contributed by atoms with Gasteiger partial charge in [0.25, 0.3) is 0 Å². The molecule has 1 atom stereocenters. The van der Waals surface area contributed by atoms with Crippen LogP contribution < -0.4 is 11.1 Å². The second kappa shape index (κ2) is 3.58. The standard InChI is InChI=1S/C11H22N2/c1-13-10(9-4-2-5-9)11(8-12)6-3-7-11/h9-10,13H,2-8,12H2,1H3. The van der Waals surface area contributed by atoms with Crippen LogP contribution in [0.4, 0.5) is 0 Å². The number of rotatable bonds is 4. The molecule has 2 nitrogen and oxygen atoms in total. The number of hydrogen-bond acceptors (Lipinski definition) is 2. The molecule has 2 fully saturated rings. The summed E-state index contributed by atoms with van der Waals surface area (Å²) in [5, 5.41) is 3.52. The predicted octanol–water partition coefficient (Wildman–Crippen LogP) is 1.50. The van der Waals surface area contributed by atoms with Gasteiger partial charge in [-0.15, -0.1) is 0 Å². The maximum absolute atomic E-state index is 5.92. The first-order valence-corrected chi connectivity index (χ1v) is 5.70. The van der Waals surface area contributed by atoms with Crippen LogP contribution in [0.3, 0.4) is 0 Å². The van der Waals surface area contributed by atoms with E-state index in [4.69, 9.17) is 5.73 Å². The molecule has 0 saturated heterocycles. The molecule has 0 spiro atoms. The van der Waals surface area contributed by atoms with Gasteiger partial charge in [0.15, 0.2) is 0 Å². The Morgan fingerprint density at radius 3 is 2.31 bits per heavy atom. The highest BCUT2D eigenvalue weighted by Crippen LogP contribution is 2.48. The van der Waals surface area contributed by atoms with E-state index in [1.807, 2.05) is 0 Å². The molecule has 3 N–H and O–H groups in total. The smallest absolute Gasteiger partial charge is 0.0161 e. The molecule has 0 aliphatic heterocycles. The van der Waals surface area contributed by atoms with E-state index in [2.05, 4.69) is 12.4 Å². The molecule has 0 bridgehead atoms. The summed E-state index contributed by atoms with van der Waals surface area (Å²) in [4.78, 5) is 0. The molecule has 0 heterocycles. The molecule has 2 heteroatoms. The Balaban J connectivity index is 2.00. The summed E-state index contributed by atoms with van der Waals surface area (Å²) in [6.07, 6.45) is 8.38. The summed E-state index contributed by atoms with van der Waals surface area (Å²) in [6.45, 7) is 0.884. The molecule has 2 aliphatic rings. The molecule has 0 aromatic rings. The first-order valence-electron chi connectivity index (χ1n) is 5.70. The molecule has 13 heavy (non-hydrogen) atoms. The van der Waals surface area contributed by atoms with E-state index in [0.29, 0.717) is 11.5 Å². The van der Waals surface area contributed by atoms with Gasteiger partial charge in [-0.05, 0) is 50.6 Å². The van der Waals surface area contributed by atoms with Crippen LogP contribution in [-0.2, 0) is 0 Å². The number of nitrogens with two attached hydrogens (primary N) is 1. The lowest BCUT2D eigenvalue weighted by molar-refractivity contribution is 0.0303. The Morgan fingerprint density at radius 1 is 1.38 bits per heavy atom. The highest BCUT2D eigenvalue weighted by molar-refractivity contribution is 5.01. The Bertz CT molecular complexity index is 165. The van der Waals surface area contributed by atoms with Crippen molar-refractivity contribution in [3.8, 4) is 0 Å². The average Bonchev–Trinajstić information content (AvgIpc) is 1.98. The van der Waals surface area contributed by atoms with Crippen molar-refractivity contribution in [3.05, 3.63) is 0 Å². The van der Waals surface area contributed by atoms with Crippen molar-refractivity contribution in [1.82, 2.24) is 5.32 Å². The van der Waals surface area contributed by atoms with E-state index in [9.17, 15) is 0 Å². The van der Waals surface area contributed by atoms with E-state index in [-0.39, 0.29) is 0 Å². The van der Waals surface area contributed by atoms with Gasteiger partial charge in [-0.25, -0.2) is 0 Å². The number of hydrogen-bond donors (Lipinski definition) is 2. The van der Waals surface area contributed by atoms with Crippen LogP contribution in [0.25, 0.3) is 0 Å². The van der Waals surface area contributed by atoms with Crippen molar-refractivity contribution in [3.63, 3.8) is 0 Å². The van der Waals surface area contributed by atoms with Crippen molar-refractivity contribution in [2.75, 3.05) is 13.6 Å². The van der Waals surface area contributed by atoms with Crippen LogP contribution >= 0.6 is 0 Å². The van der Waals surface area contributed by atoms with Crippen LogP contribution in [0.5, 0.6) is 0 Å². The van der Waals surface area contributed by atoms with Gasteiger partial charge in [0.2, 0.25) is 0 Å². The van der Waals surface area contributed by atoms with Crippen molar-refractivity contribution < 1.29 is 0 Å². The van der Waals surface area contributed by atoms with Gasteiger partial charge in [-0.3, -0.25) is 0 Å². The number of nitrogens with one attached hydrogen (secondary N) is 1. The van der Waals surface area contributed by atoms with E-state index in [1.54, 1.807) is 0 Å². The second-order valence-corrected chi connectivity index (χ2v) is 4.88. The zero-order valence-electron chi connectivity index (χ0n) is 8.68. The minimum Gasteiger partial charge on any atom is -0.330 e. The molecule has 0 aromatic heterocycles. The van der Waals surface area contributed by atoms with E-state index >= 15 is 0 Å². The molecule has 76 valence electrons. The average molecular weight is 182 g/mol. The quantitative estimate of drug-likeness (QED) is 0.691. The largest absolute Gasteiger partial charge is 0.330 e. The maximum Gasteiger partial charge on any atom is 0.0161 e. The molecule has 2 aliphatic carbocycles. The molecule has 1 unspecified atom stereocenters. The van der Waals surface area contributed by atoms with Gasteiger partial charge in [0.05, 0.1) is 0 Å². The lowest BCUT2D eigenvalue weighted by Gasteiger charge is -2.52. The lowest BCUT2D eigenvalue weighted by atomic mass is 9.58. The summed E-state index contributed by atoms with van der Waals surface area (Å²) < 4.78 is 0. The van der Waals surface area contributed by atoms with Crippen LogP contribution in [-0.4, -0.2) is 19.6 Å². The van der Waals surface area contributed by atoms with Gasteiger partial charge in [0.1, 0.15) is 0 Å². The Morgan fingerprint density at radius 2 is 2.08 bits per heavy atom. The summed E-state index contributed by atoms with van der Waals surface area (Å²) >= 11 is 0. The van der Waals surface area contributed by atoms with Crippen molar-refractivity contribution >= 4 is 0 Å². The van der Waals surface area contributed by atoms with Gasteiger partial charge >= 0.3 is 0 Å². The molecule has 0 radical (unpaired) electrons. The highest BCUT2D eigenvalue weighted by atomic mass is 14.9. The SMILES string of the molecule is CNC(C1CCC1)C1(CN)CCC1. The second-order valence-electron chi connectivity index (χ2n) is 4.88. The third-order valence-electron chi connectivity index (χ3n) is 4.35. The van der Waals surface area contributed by atoms with Crippen molar-refractivity contribution in [2.45, 2.75) is 44.6 Å². The molecule has 2 saturated carbocycles. The lowest BCUT2D eigenvalue weighted by Crippen LogP contribution is -2.57. The van der Waals surface area contributed by atoms with Crippen molar-refractivity contribution in [1.29, 1.82) is 0 Å². The molecule has 2 rings (SSSR count). The van der Waals surface area contributed by atoms with Crippen molar-refractivity contribution in [2.24, 2.45) is 17.1 Å². The first kappa shape index (κ1) is 9.47. The van der Waals surface area contributed by atoms with E-state index < -0.39 is 0 Å². The van der Waals surface area contributed by atoms with Crippen LogP contribution in [0, 0.1) is 11.3 Å². The Labute approximate surface area is 81.3 Å². The van der Waals surface area contributed by atoms with Gasteiger partial charge in [-0.1, -0.05) is 12.8 Å². The minimum atomic E-state index is 0.472. The maximum atomic E-state index is 5.92. The van der Waals surface area contributed by atoms with Gasteiger partial charge in [0, 0.05) is 6.04 Å². The van der Waals surface area contributed by atoms with Crippen LogP contribution in [0.15, 0.2) is 0 Å². The molecular formula is C11H22N2. The zero-order chi connectivity index (χ0) is 9.31. The molecule has 0 aromatic carbocycles. The highest BCUT2D eigenvalue weighted by Gasteiger charge is 2.46. The fourth-order valence-electron chi connectivity index (χ4n) is 3.09. The first-order chi connectivity index (χ1) is 6.32. The monoisotopic (exact) mass is 182 g/mol. The van der Waals surface area contributed by atoms with Crippen LogP contribution in [0.1, 0.15) is 38.5 Å². The topological polar surface area (TPSA) is 38.0 Å². The van der Waals surface area contributed by atoms with E-state index in [0.717, 1.165) is 12.5 Å². The van der Waals surface area contributed by atoms with Gasteiger partial charge < -0.3 is 11.1 Å². The van der Waals surface area contributed by atoms with Gasteiger partial charge in [-0.2, -0.15) is 0 Å². The fraction of sp³-hybridized carbons (Fsp3) is 1.00.